The van der Waals surface area contributed by atoms with Crippen molar-refractivity contribution in [1.82, 2.24) is 10.2 Å². The largest absolute Gasteiger partial charge is 0.508 e. The van der Waals surface area contributed by atoms with Crippen LogP contribution in [0.1, 0.15) is 40.9 Å². The van der Waals surface area contributed by atoms with E-state index in [1.807, 2.05) is 0 Å². The number of aromatic hydroxyl groups is 1. The number of aliphatic hydroxyl groups is 1. The van der Waals surface area contributed by atoms with E-state index in [0.29, 0.717) is 16.0 Å². The Morgan fingerprint density at radius 1 is 1.14 bits per heavy atom. The Balaban J connectivity index is 1.95. The van der Waals surface area contributed by atoms with Crippen molar-refractivity contribution >= 4 is 17.8 Å². The van der Waals surface area contributed by atoms with Crippen LogP contribution in [-0.2, 0) is 16.0 Å². The maximum atomic E-state index is 14.7. The Morgan fingerprint density at radius 2 is 1.75 bits per heavy atom. The molecule has 36 heavy (non-hydrogen) atoms. The highest BCUT2D eigenvalue weighted by atomic mass is 19.3. The summed E-state index contributed by atoms with van der Waals surface area (Å²) < 4.78 is 29.3. The van der Waals surface area contributed by atoms with Crippen molar-refractivity contribution in [2.75, 3.05) is 6.54 Å². The number of nitrogens with one attached hydrogen (secondary N) is 1. The molecular weight excluding hydrogens is 474 g/mol. The molecule has 2 amide bonds. The predicted octanol–water partition coefficient (Wildman–Crippen LogP) is 2.67. The van der Waals surface area contributed by atoms with Gasteiger partial charge >= 0.3 is 5.97 Å². The second-order valence-corrected chi connectivity index (χ2v) is 9.80. The lowest BCUT2D eigenvalue weighted by atomic mass is 9.81. The fourth-order valence-electron chi connectivity index (χ4n) is 4.52. The Kier molecular flexibility index (Phi) is 7.40. The fraction of sp³-hybridized carbons (Fsp3) is 0.423. The molecule has 0 radical (unpaired) electrons. The first-order valence-electron chi connectivity index (χ1n) is 11.4. The summed E-state index contributed by atoms with van der Waals surface area (Å²) >= 11 is 0. The summed E-state index contributed by atoms with van der Waals surface area (Å²) in [7, 11) is 0. The van der Waals surface area contributed by atoms with Crippen LogP contribution in [0.2, 0.25) is 0 Å². The van der Waals surface area contributed by atoms with Crippen LogP contribution < -0.4 is 5.32 Å². The van der Waals surface area contributed by atoms with Gasteiger partial charge in [0.2, 0.25) is 0 Å². The molecule has 8 nitrogen and oxygen atoms in total. The van der Waals surface area contributed by atoms with Crippen molar-refractivity contribution < 1.29 is 38.5 Å². The van der Waals surface area contributed by atoms with Crippen LogP contribution in [-0.4, -0.2) is 68.7 Å². The number of alkyl halides is 2. The van der Waals surface area contributed by atoms with Crippen molar-refractivity contribution in [1.29, 1.82) is 0 Å². The highest BCUT2D eigenvalue weighted by Gasteiger charge is 2.65. The molecule has 0 saturated carbocycles. The Bertz CT molecular complexity index is 1170. The summed E-state index contributed by atoms with van der Waals surface area (Å²) in [5.74, 6) is -7.16. The number of hydrogen-bond donors (Lipinski definition) is 4. The molecule has 3 atom stereocenters. The molecule has 10 heteroatoms. The topological polar surface area (TPSA) is 127 Å². The first kappa shape index (κ1) is 27.1. The molecule has 1 aliphatic heterocycles. The number of carbonyl (C=O) groups is 3. The Hall–Kier alpha value is -3.53. The Labute approximate surface area is 207 Å². The van der Waals surface area contributed by atoms with Gasteiger partial charge in [-0.2, -0.15) is 0 Å². The second kappa shape index (κ2) is 9.85. The Morgan fingerprint density at radius 3 is 2.33 bits per heavy atom. The van der Waals surface area contributed by atoms with E-state index in [2.05, 4.69) is 5.32 Å². The molecule has 1 saturated heterocycles. The van der Waals surface area contributed by atoms with Crippen molar-refractivity contribution in [3.8, 4) is 5.75 Å². The molecule has 4 N–H and O–H groups in total. The minimum absolute atomic E-state index is 0.0400. The minimum atomic E-state index is -3.51. The molecule has 1 fully saturated rings. The van der Waals surface area contributed by atoms with Crippen LogP contribution in [0, 0.1) is 19.3 Å². The van der Waals surface area contributed by atoms with E-state index < -0.39 is 53.9 Å². The third-order valence-electron chi connectivity index (χ3n) is 6.84. The number of phenolic OH excluding ortho intramolecular Hbond substituents is 1. The van der Waals surface area contributed by atoms with Gasteiger partial charge in [0, 0.05) is 11.1 Å². The van der Waals surface area contributed by atoms with E-state index in [1.165, 1.54) is 19.1 Å². The van der Waals surface area contributed by atoms with Crippen molar-refractivity contribution in [2.24, 2.45) is 5.41 Å². The van der Waals surface area contributed by atoms with Gasteiger partial charge in [-0.25, -0.2) is 13.6 Å². The van der Waals surface area contributed by atoms with Gasteiger partial charge in [0.1, 0.15) is 11.8 Å². The zero-order valence-electron chi connectivity index (χ0n) is 20.5. The lowest BCUT2D eigenvalue weighted by molar-refractivity contribution is -0.156. The lowest BCUT2D eigenvalue weighted by Gasteiger charge is -2.32. The molecule has 0 aliphatic carbocycles. The molecule has 1 aliphatic rings. The first-order chi connectivity index (χ1) is 16.7. The van der Waals surface area contributed by atoms with Crippen LogP contribution in [0.3, 0.4) is 0 Å². The maximum Gasteiger partial charge on any atom is 0.327 e. The average molecular weight is 505 g/mol. The highest BCUT2D eigenvalue weighted by Crippen LogP contribution is 2.48. The third-order valence-corrected chi connectivity index (χ3v) is 6.84. The smallest absolute Gasteiger partial charge is 0.327 e. The molecule has 2 aromatic carbocycles. The molecule has 0 bridgehead atoms. The monoisotopic (exact) mass is 504 g/mol. The SMILES string of the molecule is Cc1cc(O)c(C)c(C(=O)N[C@@H](Cc2ccccc2)[C@H](O)C(=O)N2CC(F)(F)C(C)(C)[C@H]2C(=O)O)c1. The van der Waals surface area contributed by atoms with Gasteiger partial charge in [-0.05, 0) is 43.5 Å². The number of aryl methyl sites for hydroxylation is 1. The van der Waals surface area contributed by atoms with E-state index in [1.54, 1.807) is 37.3 Å². The summed E-state index contributed by atoms with van der Waals surface area (Å²) in [6.07, 6.45) is -2.05. The van der Waals surface area contributed by atoms with E-state index in [-0.39, 0.29) is 23.3 Å². The molecule has 0 aromatic heterocycles. The van der Waals surface area contributed by atoms with Gasteiger partial charge in [-0.1, -0.05) is 44.2 Å². The standard InChI is InChI=1S/C26H30F2N2O6/c1-14-10-17(15(2)19(31)11-14)22(33)29-18(12-16-8-6-5-7-9-16)20(32)23(34)30-13-26(27,28)25(3,4)21(30)24(35)36/h5-11,18,20-21,31-32H,12-13H2,1-4H3,(H,29,33)(H,35,36)/t18-,20-,21+/m0/s1. The van der Waals surface area contributed by atoms with Crippen molar-refractivity contribution in [3.05, 3.63) is 64.7 Å². The molecule has 0 unspecified atom stereocenters. The first-order valence-corrected chi connectivity index (χ1v) is 11.4. The number of amides is 2. The van der Waals surface area contributed by atoms with Gasteiger partial charge in [0.15, 0.2) is 6.10 Å². The van der Waals surface area contributed by atoms with Gasteiger partial charge in [-0.3, -0.25) is 9.59 Å². The van der Waals surface area contributed by atoms with Crippen LogP contribution in [0.5, 0.6) is 5.75 Å². The summed E-state index contributed by atoms with van der Waals surface area (Å²) in [5, 5.41) is 33.3. The summed E-state index contributed by atoms with van der Waals surface area (Å²) in [6.45, 7) is 4.15. The van der Waals surface area contributed by atoms with E-state index >= 15 is 0 Å². The normalized spacial score (nSPS) is 20.0. The zero-order valence-corrected chi connectivity index (χ0v) is 20.5. The maximum absolute atomic E-state index is 14.7. The number of phenols is 1. The number of halogens is 2. The van der Waals surface area contributed by atoms with Crippen LogP contribution in [0.25, 0.3) is 0 Å². The van der Waals surface area contributed by atoms with E-state index in [9.17, 15) is 38.5 Å². The number of aliphatic carboxylic acids is 1. The number of likely N-dealkylation sites (tertiary alicyclic amines) is 1. The van der Waals surface area contributed by atoms with Crippen LogP contribution >= 0.6 is 0 Å². The summed E-state index contributed by atoms with van der Waals surface area (Å²) in [6, 6.07) is 8.45. The molecule has 3 rings (SSSR count). The molecule has 2 aromatic rings. The summed E-state index contributed by atoms with van der Waals surface area (Å²) in [4.78, 5) is 38.7. The van der Waals surface area contributed by atoms with Gasteiger partial charge in [0.05, 0.1) is 18.0 Å². The zero-order chi connectivity index (χ0) is 27.0. The van der Waals surface area contributed by atoms with Crippen molar-refractivity contribution in [2.45, 2.75) is 58.2 Å². The van der Waals surface area contributed by atoms with E-state index in [0.717, 1.165) is 13.8 Å². The molecular formula is C26H30F2N2O6. The average Bonchev–Trinajstić information content (AvgIpc) is 2.99. The number of benzene rings is 2. The quantitative estimate of drug-likeness (QED) is 0.459. The number of carboxylic acids is 1. The van der Waals surface area contributed by atoms with Gasteiger partial charge in [0.25, 0.3) is 17.7 Å². The number of nitrogens with zero attached hydrogens (tertiary/aromatic N) is 1. The number of carboxylic acid groups (broad SMARTS) is 1. The summed E-state index contributed by atoms with van der Waals surface area (Å²) in [5.41, 5.74) is -0.444. The van der Waals surface area contributed by atoms with Gasteiger partial charge < -0.3 is 25.5 Å². The predicted molar refractivity (Wildman–Crippen MR) is 127 cm³/mol. The molecule has 0 spiro atoms. The third kappa shape index (κ3) is 5.04. The number of carbonyl (C=O) groups excluding carboxylic acids is 2. The molecule has 1 heterocycles. The van der Waals surface area contributed by atoms with Gasteiger partial charge in [-0.15, -0.1) is 0 Å². The molecule has 194 valence electrons. The number of rotatable bonds is 7. The fourth-order valence-corrected chi connectivity index (χ4v) is 4.52. The lowest BCUT2D eigenvalue weighted by Crippen LogP contribution is -2.56. The number of hydrogen-bond acceptors (Lipinski definition) is 5. The van der Waals surface area contributed by atoms with E-state index in [4.69, 9.17) is 0 Å². The highest BCUT2D eigenvalue weighted by molar-refractivity contribution is 5.97. The van der Waals surface area contributed by atoms with Crippen molar-refractivity contribution in [3.63, 3.8) is 0 Å². The van der Waals surface area contributed by atoms with Crippen LogP contribution in [0.4, 0.5) is 8.78 Å². The minimum Gasteiger partial charge on any atom is -0.508 e. The van der Waals surface area contributed by atoms with Crippen LogP contribution in [0.15, 0.2) is 42.5 Å². The second-order valence-electron chi connectivity index (χ2n) is 9.80. The number of aliphatic hydroxyl groups excluding tert-OH is 1.